The van der Waals surface area contributed by atoms with E-state index < -0.39 is 153 Å². The van der Waals surface area contributed by atoms with Crippen molar-refractivity contribution in [2.24, 2.45) is 35.5 Å². The largest absolute Gasteiger partial charge is 0.472 e. The molecule has 55 heavy (non-hydrogen) atoms. The Labute approximate surface area is 315 Å². The van der Waals surface area contributed by atoms with Gasteiger partial charge >= 0.3 is 17.9 Å². The van der Waals surface area contributed by atoms with Crippen LogP contribution in [0.25, 0.3) is 0 Å². The van der Waals surface area contributed by atoms with Gasteiger partial charge in [0.05, 0.1) is 44.0 Å². The van der Waals surface area contributed by atoms with Crippen molar-refractivity contribution >= 4 is 17.9 Å². The molecule has 2 aliphatic carbocycles. The molecular formula is C35H50O20. The van der Waals surface area contributed by atoms with E-state index in [1.165, 1.54) is 14.0 Å². The number of hydrogen-bond acceptors (Lipinski definition) is 20. The molecule has 2 saturated heterocycles. The van der Waals surface area contributed by atoms with E-state index in [4.69, 9.17) is 42.6 Å². The molecule has 0 amide bonds. The number of methoxy groups -OCH3 is 1. The van der Waals surface area contributed by atoms with Gasteiger partial charge in [-0.2, -0.15) is 0 Å². The second-order valence-electron chi connectivity index (χ2n) is 15.0. The van der Waals surface area contributed by atoms with E-state index in [1.807, 2.05) is 0 Å². The first-order valence-electron chi connectivity index (χ1n) is 18.2. The van der Waals surface area contributed by atoms with Crippen molar-refractivity contribution in [2.45, 2.75) is 120 Å². The van der Waals surface area contributed by atoms with Crippen molar-refractivity contribution in [3.05, 3.63) is 23.7 Å². The van der Waals surface area contributed by atoms with Gasteiger partial charge in [-0.05, 0) is 12.8 Å². The maximum Gasteiger partial charge on any atom is 0.337 e. The molecule has 0 aromatic heterocycles. The number of carbonyl (C=O) groups is 3. The number of rotatable bonds is 10. The third-order valence-corrected chi connectivity index (χ3v) is 11.8. The van der Waals surface area contributed by atoms with Crippen molar-refractivity contribution in [1.82, 2.24) is 0 Å². The molecule has 0 aromatic rings. The Morgan fingerprint density at radius 1 is 0.636 bits per heavy atom. The summed E-state index contributed by atoms with van der Waals surface area (Å²) in [5, 5.41) is 81.5. The van der Waals surface area contributed by atoms with Gasteiger partial charge in [0, 0.05) is 42.4 Å². The summed E-state index contributed by atoms with van der Waals surface area (Å²) in [5.74, 6) is -5.81. The van der Waals surface area contributed by atoms with Gasteiger partial charge in [0.25, 0.3) is 0 Å². The Hall–Kier alpha value is -2.99. The predicted octanol–water partition coefficient (Wildman–Crippen LogP) is -3.34. The fourth-order valence-electron chi connectivity index (χ4n) is 8.77. The van der Waals surface area contributed by atoms with Crippen LogP contribution in [0.2, 0.25) is 0 Å². The van der Waals surface area contributed by atoms with Crippen molar-refractivity contribution in [3.63, 3.8) is 0 Å². The SMILES string of the molecule is COC(=O)C1=COC(OC2OC(CO)C(O)C(O)C2O)C2C1CC(OC(=O)C1=COC(OC3OC(CO)C(O)C(O)C3O)C3C1CC(OC(C)=O)C3C)C2C. The summed E-state index contributed by atoms with van der Waals surface area (Å²) in [7, 11) is 1.19. The first kappa shape index (κ1) is 41.6. The molecule has 0 aromatic carbocycles. The molecule has 20 atom stereocenters. The zero-order valence-electron chi connectivity index (χ0n) is 30.5. The molecule has 20 nitrogen and oxygen atoms in total. The second-order valence-corrected chi connectivity index (χ2v) is 15.0. The fraction of sp³-hybridized carbons (Fsp3) is 0.800. The lowest BCUT2D eigenvalue weighted by Gasteiger charge is -2.43. The number of aliphatic hydroxyl groups is 8. The highest BCUT2D eigenvalue weighted by Crippen LogP contribution is 2.51. The summed E-state index contributed by atoms with van der Waals surface area (Å²) in [6.45, 7) is 3.37. The molecule has 4 heterocycles. The van der Waals surface area contributed by atoms with E-state index in [0.717, 1.165) is 12.5 Å². The molecule has 20 heteroatoms. The lowest BCUT2D eigenvalue weighted by molar-refractivity contribution is -0.343. The van der Waals surface area contributed by atoms with Crippen LogP contribution in [-0.2, 0) is 57.0 Å². The third-order valence-electron chi connectivity index (χ3n) is 11.8. The van der Waals surface area contributed by atoms with E-state index in [2.05, 4.69) is 0 Å². The summed E-state index contributed by atoms with van der Waals surface area (Å²) in [6.07, 6.45) is -17.2. The Morgan fingerprint density at radius 2 is 1.05 bits per heavy atom. The lowest BCUT2D eigenvalue weighted by Crippen LogP contribution is -2.60. The molecule has 4 aliphatic heterocycles. The van der Waals surface area contributed by atoms with Gasteiger partial charge in [-0.25, -0.2) is 9.59 Å². The van der Waals surface area contributed by atoms with Crippen molar-refractivity contribution in [1.29, 1.82) is 0 Å². The van der Waals surface area contributed by atoms with Gasteiger partial charge in [0.2, 0.25) is 12.6 Å². The number of hydrogen-bond donors (Lipinski definition) is 8. The number of carbonyl (C=O) groups excluding carboxylic acids is 3. The van der Waals surface area contributed by atoms with Crippen molar-refractivity contribution in [3.8, 4) is 0 Å². The van der Waals surface area contributed by atoms with Gasteiger partial charge < -0.3 is 83.5 Å². The van der Waals surface area contributed by atoms with E-state index >= 15 is 0 Å². The first-order valence-corrected chi connectivity index (χ1v) is 18.2. The average molecular weight is 791 g/mol. The monoisotopic (exact) mass is 790 g/mol. The molecule has 6 rings (SSSR count). The summed E-state index contributed by atoms with van der Waals surface area (Å²) >= 11 is 0. The van der Waals surface area contributed by atoms with E-state index in [1.54, 1.807) is 13.8 Å². The van der Waals surface area contributed by atoms with Crippen molar-refractivity contribution < 1.29 is 97.9 Å². The maximum absolute atomic E-state index is 14.1. The zero-order valence-corrected chi connectivity index (χ0v) is 30.5. The summed E-state index contributed by atoms with van der Waals surface area (Å²) in [6, 6.07) is 0. The highest BCUT2D eigenvalue weighted by molar-refractivity contribution is 5.90. The lowest BCUT2D eigenvalue weighted by atomic mass is 9.83. The second kappa shape index (κ2) is 16.9. The van der Waals surface area contributed by atoms with Crippen LogP contribution >= 0.6 is 0 Å². The molecule has 0 spiro atoms. The van der Waals surface area contributed by atoms with Gasteiger partial charge in [0.15, 0.2) is 12.6 Å². The van der Waals surface area contributed by atoms with Crippen LogP contribution in [0.15, 0.2) is 23.7 Å². The third kappa shape index (κ3) is 7.84. The highest BCUT2D eigenvalue weighted by atomic mass is 16.8. The Kier molecular flexibility index (Phi) is 12.8. The van der Waals surface area contributed by atoms with Crippen LogP contribution in [-0.4, -0.2) is 165 Å². The number of ether oxygens (including phenoxy) is 9. The Bertz CT molecular complexity index is 1470. The van der Waals surface area contributed by atoms with Gasteiger partial charge in [-0.3, -0.25) is 4.79 Å². The number of esters is 3. The molecule has 6 aliphatic rings. The first-order chi connectivity index (χ1) is 26.1. The molecule has 20 unspecified atom stereocenters. The molecule has 4 fully saturated rings. The van der Waals surface area contributed by atoms with E-state index in [0.29, 0.717) is 0 Å². The van der Waals surface area contributed by atoms with E-state index in [-0.39, 0.29) is 24.0 Å². The van der Waals surface area contributed by atoms with Crippen LogP contribution in [0.3, 0.4) is 0 Å². The molecule has 2 saturated carbocycles. The topological polar surface area (TPSA) is 296 Å². The standard InChI is InChI=1S/C35H50O20/c1-11-18(50-13(3)38)5-15-17(10-49-32(22(11)15)54-34-28(43)26(41)24(39)20(7-36)52-34)31(46)51-19-6-14-16(30(45)47-4)9-48-33(23(14)12(19)2)55-35-29(44)27(42)25(40)21(8-37)53-35/h9-12,14-15,18-29,32-37,39-44H,5-8H2,1-4H3. The van der Waals surface area contributed by atoms with Crippen LogP contribution in [0.4, 0.5) is 0 Å². The minimum Gasteiger partial charge on any atom is -0.472 e. The molecular weight excluding hydrogens is 740 g/mol. The summed E-state index contributed by atoms with van der Waals surface area (Å²) in [4.78, 5) is 38.9. The Balaban J connectivity index is 1.21. The number of aliphatic hydroxyl groups excluding tert-OH is 8. The molecule has 0 radical (unpaired) electrons. The minimum absolute atomic E-state index is 0.0799. The smallest absolute Gasteiger partial charge is 0.337 e. The predicted molar refractivity (Wildman–Crippen MR) is 175 cm³/mol. The minimum atomic E-state index is -1.74. The van der Waals surface area contributed by atoms with Gasteiger partial charge in [-0.15, -0.1) is 0 Å². The van der Waals surface area contributed by atoms with E-state index in [9.17, 15) is 55.2 Å². The van der Waals surface area contributed by atoms with Crippen LogP contribution < -0.4 is 0 Å². The highest BCUT2D eigenvalue weighted by Gasteiger charge is 2.57. The van der Waals surface area contributed by atoms with Gasteiger partial charge in [-0.1, -0.05) is 13.8 Å². The molecule has 0 bridgehead atoms. The zero-order chi connectivity index (χ0) is 40.0. The summed E-state index contributed by atoms with van der Waals surface area (Å²) in [5.41, 5.74) is 0.213. The fourth-order valence-corrected chi connectivity index (χ4v) is 8.77. The maximum atomic E-state index is 14.1. The summed E-state index contributed by atoms with van der Waals surface area (Å²) < 4.78 is 51.3. The van der Waals surface area contributed by atoms with Crippen LogP contribution in [0.5, 0.6) is 0 Å². The Morgan fingerprint density at radius 3 is 1.45 bits per heavy atom. The average Bonchev–Trinajstić information content (AvgIpc) is 3.66. The quantitative estimate of drug-likeness (QED) is 0.0793. The normalized spacial score (nSPS) is 46.5. The van der Waals surface area contributed by atoms with Crippen molar-refractivity contribution in [2.75, 3.05) is 20.3 Å². The van der Waals surface area contributed by atoms with Crippen LogP contribution in [0, 0.1) is 35.5 Å². The molecule has 310 valence electrons. The molecule has 8 N–H and O–H groups in total. The van der Waals surface area contributed by atoms with Gasteiger partial charge in [0.1, 0.15) is 61.0 Å². The number of fused-ring (bicyclic) bond motifs is 2. The van der Waals surface area contributed by atoms with Crippen LogP contribution in [0.1, 0.15) is 33.6 Å².